The molecule has 1 heterocycles. The fourth-order valence-electron chi connectivity index (χ4n) is 3.14. The van der Waals surface area contributed by atoms with Crippen molar-refractivity contribution >= 4 is 17.4 Å². The van der Waals surface area contributed by atoms with Gasteiger partial charge in [-0.1, -0.05) is 25.0 Å². The number of carbonyl (C=O) groups excluding carboxylic acids is 2. The van der Waals surface area contributed by atoms with Crippen LogP contribution in [0.4, 0.5) is 5.69 Å². The molecule has 0 aromatic heterocycles. The third-order valence-corrected chi connectivity index (χ3v) is 4.37. The van der Waals surface area contributed by atoms with Gasteiger partial charge in [0.1, 0.15) is 0 Å². The maximum atomic E-state index is 12.4. The van der Waals surface area contributed by atoms with E-state index in [4.69, 9.17) is 0 Å². The lowest BCUT2D eigenvalue weighted by atomic mass is 10.0. The number of ketones is 1. The van der Waals surface area contributed by atoms with Gasteiger partial charge >= 0.3 is 0 Å². The van der Waals surface area contributed by atoms with Crippen LogP contribution in [0.15, 0.2) is 24.3 Å². The number of hydrogen-bond acceptors (Lipinski definition) is 3. The summed E-state index contributed by atoms with van der Waals surface area (Å²) in [5.41, 5.74) is 1.25. The quantitative estimate of drug-likeness (QED) is 0.585. The van der Waals surface area contributed by atoms with Gasteiger partial charge < -0.3 is 10.2 Å². The van der Waals surface area contributed by atoms with E-state index in [-0.39, 0.29) is 11.7 Å². The van der Waals surface area contributed by atoms with Crippen molar-refractivity contribution in [1.29, 1.82) is 0 Å². The van der Waals surface area contributed by atoms with Gasteiger partial charge in [0.05, 0.1) is 5.69 Å². The van der Waals surface area contributed by atoms with Crippen LogP contribution in [0.1, 0.15) is 62.2 Å². The van der Waals surface area contributed by atoms with Crippen LogP contribution in [0.25, 0.3) is 0 Å². The molecule has 0 aliphatic carbocycles. The largest absolute Gasteiger partial charge is 0.326 e. The standard InChI is InChI=1S/C19H28N2O2/c1-16(22)20-18-11-6-5-10-17(18)19(23)12-4-2-7-13-21-14-8-3-9-15-21/h5-6,10-11H,2-4,7-9,12-15H2,1H3,(H,20,22). The maximum Gasteiger partial charge on any atom is 0.221 e. The molecular weight excluding hydrogens is 288 g/mol. The topological polar surface area (TPSA) is 49.4 Å². The number of Topliss-reactive ketones (excluding diaryl/α,β-unsaturated/α-hetero) is 1. The Morgan fingerprint density at radius 2 is 1.78 bits per heavy atom. The van der Waals surface area contributed by atoms with E-state index in [0.717, 1.165) is 19.4 Å². The van der Waals surface area contributed by atoms with Crippen LogP contribution in [0, 0.1) is 0 Å². The minimum atomic E-state index is -0.146. The minimum absolute atomic E-state index is 0.118. The number of nitrogens with zero attached hydrogens (tertiary/aromatic N) is 1. The van der Waals surface area contributed by atoms with Crippen LogP contribution >= 0.6 is 0 Å². The van der Waals surface area contributed by atoms with Crippen LogP contribution in [-0.2, 0) is 4.79 Å². The number of anilines is 1. The van der Waals surface area contributed by atoms with Crippen LogP contribution in [-0.4, -0.2) is 36.2 Å². The summed E-state index contributed by atoms with van der Waals surface area (Å²) in [7, 11) is 0. The fourth-order valence-corrected chi connectivity index (χ4v) is 3.14. The Labute approximate surface area is 139 Å². The molecule has 0 radical (unpaired) electrons. The molecule has 0 spiro atoms. The van der Waals surface area contributed by atoms with Gasteiger partial charge in [-0.3, -0.25) is 9.59 Å². The number of para-hydroxylation sites is 1. The average molecular weight is 316 g/mol. The van der Waals surface area contributed by atoms with Crippen molar-refractivity contribution in [2.45, 2.75) is 51.9 Å². The number of unbranched alkanes of at least 4 members (excludes halogenated alkanes) is 2. The zero-order valence-electron chi connectivity index (χ0n) is 14.1. The van der Waals surface area contributed by atoms with Crippen molar-refractivity contribution in [2.24, 2.45) is 0 Å². The second-order valence-electron chi connectivity index (χ2n) is 6.36. The number of nitrogens with one attached hydrogen (secondary N) is 1. The molecule has 0 bridgehead atoms. The Morgan fingerprint density at radius 3 is 2.52 bits per heavy atom. The summed E-state index contributed by atoms with van der Waals surface area (Å²) >= 11 is 0. The van der Waals surface area contributed by atoms with Gasteiger partial charge in [0.2, 0.25) is 5.91 Å². The van der Waals surface area contributed by atoms with E-state index in [1.54, 1.807) is 12.1 Å². The first kappa shape index (κ1) is 17.7. The summed E-state index contributed by atoms with van der Waals surface area (Å²) < 4.78 is 0. The van der Waals surface area contributed by atoms with Crippen LogP contribution in [0.2, 0.25) is 0 Å². The van der Waals surface area contributed by atoms with Crippen molar-refractivity contribution in [2.75, 3.05) is 25.0 Å². The van der Waals surface area contributed by atoms with E-state index in [9.17, 15) is 9.59 Å². The van der Waals surface area contributed by atoms with Crippen molar-refractivity contribution in [3.05, 3.63) is 29.8 Å². The number of amides is 1. The normalized spacial score (nSPS) is 15.3. The van der Waals surface area contributed by atoms with Gasteiger partial charge in [-0.05, 0) is 57.5 Å². The molecular formula is C19H28N2O2. The molecule has 0 unspecified atom stereocenters. The Balaban J connectivity index is 1.71. The van der Waals surface area contributed by atoms with Crippen molar-refractivity contribution in [3.63, 3.8) is 0 Å². The molecule has 1 amide bonds. The highest BCUT2D eigenvalue weighted by atomic mass is 16.1. The number of likely N-dealkylation sites (tertiary alicyclic amines) is 1. The lowest BCUT2D eigenvalue weighted by Gasteiger charge is -2.26. The molecule has 1 aromatic rings. The van der Waals surface area contributed by atoms with Crippen LogP contribution in [0.3, 0.4) is 0 Å². The highest BCUT2D eigenvalue weighted by molar-refractivity contribution is 6.04. The first-order chi connectivity index (χ1) is 11.2. The maximum absolute atomic E-state index is 12.4. The molecule has 2 rings (SSSR count). The number of benzene rings is 1. The van der Waals surface area contributed by atoms with Crippen LogP contribution in [0.5, 0.6) is 0 Å². The average Bonchev–Trinajstić information content (AvgIpc) is 2.55. The molecule has 0 saturated carbocycles. The molecule has 4 nitrogen and oxygen atoms in total. The molecule has 1 aliphatic rings. The van der Waals surface area contributed by atoms with Gasteiger partial charge in [0.25, 0.3) is 0 Å². The van der Waals surface area contributed by atoms with Gasteiger partial charge in [-0.25, -0.2) is 0 Å². The molecule has 1 fully saturated rings. The van der Waals surface area contributed by atoms with Gasteiger partial charge in [-0.2, -0.15) is 0 Å². The first-order valence-electron chi connectivity index (χ1n) is 8.79. The first-order valence-corrected chi connectivity index (χ1v) is 8.79. The van der Waals surface area contributed by atoms with E-state index in [1.165, 1.54) is 45.7 Å². The lowest BCUT2D eigenvalue weighted by Crippen LogP contribution is -2.30. The predicted octanol–water partition coefficient (Wildman–Crippen LogP) is 3.87. The number of piperidine rings is 1. The van der Waals surface area contributed by atoms with E-state index < -0.39 is 0 Å². The summed E-state index contributed by atoms with van der Waals surface area (Å²) in [5, 5.41) is 2.73. The van der Waals surface area contributed by atoms with Crippen molar-refractivity contribution in [3.8, 4) is 0 Å². The van der Waals surface area contributed by atoms with E-state index >= 15 is 0 Å². The van der Waals surface area contributed by atoms with Crippen LogP contribution < -0.4 is 5.32 Å². The summed E-state index contributed by atoms with van der Waals surface area (Å²) in [6.45, 7) is 5.10. The third-order valence-electron chi connectivity index (χ3n) is 4.37. The van der Waals surface area contributed by atoms with Gasteiger partial charge in [0, 0.05) is 18.9 Å². The van der Waals surface area contributed by atoms with E-state index in [1.807, 2.05) is 12.1 Å². The number of carbonyl (C=O) groups is 2. The molecule has 0 atom stereocenters. The highest BCUT2D eigenvalue weighted by Gasteiger charge is 2.12. The minimum Gasteiger partial charge on any atom is -0.326 e. The van der Waals surface area contributed by atoms with Crippen molar-refractivity contribution < 1.29 is 9.59 Å². The summed E-state index contributed by atoms with van der Waals surface area (Å²) in [6.07, 6.45) is 7.76. The Morgan fingerprint density at radius 1 is 1.04 bits per heavy atom. The second-order valence-corrected chi connectivity index (χ2v) is 6.36. The third kappa shape index (κ3) is 6.14. The van der Waals surface area contributed by atoms with Crippen molar-refractivity contribution in [1.82, 2.24) is 4.90 Å². The Hall–Kier alpha value is -1.68. The molecule has 1 aromatic carbocycles. The second kappa shape index (κ2) is 9.46. The summed E-state index contributed by atoms with van der Waals surface area (Å²) in [6, 6.07) is 7.25. The Bertz CT molecular complexity index is 522. The smallest absolute Gasteiger partial charge is 0.221 e. The zero-order valence-corrected chi connectivity index (χ0v) is 14.1. The van der Waals surface area contributed by atoms with E-state index in [2.05, 4.69) is 10.2 Å². The Kier molecular flexibility index (Phi) is 7.27. The molecule has 1 N–H and O–H groups in total. The predicted molar refractivity (Wildman–Crippen MR) is 93.8 cm³/mol. The summed E-state index contributed by atoms with van der Waals surface area (Å²) in [5.74, 6) is -0.0286. The van der Waals surface area contributed by atoms with Gasteiger partial charge in [-0.15, -0.1) is 0 Å². The monoisotopic (exact) mass is 316 g/mol. The zero-order chi connectivity index (χ0) is 16.5. The highest BCUT2D eigenvalue weighted by Crippen LogP contribution is 2.18. The molecule has 1 aliphatic heterocycles. The summed E-state index contributed by atoms with van der Waals surface area (Å²) in [4.78, 5) is 26.1. The number of hydrogen-bond donors (Lipinski definition) is 1. The van der Waals surface area contributed by atoms with Gasteiger partial charge in [0.15, 0.2) is 5.78 Å². The molecule has 126 valence electrons. The van der Waals surface area contributed by atoms with E-state index in [0.29, 0.717) is 17.7 Å². The lowest BCUT2D eigenvalue weighted by molar-refractivity contribution is -0.114. The molecule has 23 heavy (non-hydrogen) atoms. The SMILES string of the molecule is CC(=O)Nc1ccccc1C(=O)CCCCCN1CCCCC1. The number of rotatable bonds is 8. The molecule has 1 saturated heterocycles. The molecule has 4 heteroatoms. The fraction of sp³-hybridized carbons (Fsp3) is 0.579.